The maximum absolute atomic E-state index is 11.2. The molecule has 1 aromatic carbocycles. The molecule has 0 bridgehead atoms. The van der Waals surface area contributed by atoms with Gasteiger partial charge in [0.25, 0.3) is 0 Å². The number of nitrogens with zero attached hydrogens (tertiary/aromatic N) is 1. The second-order valence-corrected chi connectivity index (χ2v) is 3.87. The third-order valence-corrected chi connectivity index (χ3v) is 2.83. The summed E-state index contributed by atoms with van der Waals surface area (Å²) < 4.78 is 0. The molecule has 14 heavy (non-hydrogen) atoms. The summed E-state index contributed by atoms with van der Waals surface area (Å²) in [5.41, 5.74) is 1.29. The first-order chi connectivity index (χ1) is 6.77. The number of likely N-dealkylation sites (tertiary alicyclic amines) is 1. The highest BCUT2D eigenvalue weighted by atomic mass is 16.1. The fourth-order valence-electron chi connectivity index (χ4n) is 1.91. The third-order valence-electron chi connectivity index (χ3n) is 2.83. The van der Waals surface area contributed by atoms with Crippen molar-refractivity contribution < 1.29 is 4.79 Å². The second-order valence-electron chi connectivity index (χ2n) is 3.87. The fourth-order valence-corrected chi connectivity index (χ4v) is 1.91. The van der Waals surface area contributed by atoms with Gasteiger partial charge in [-0.05, 0) is 18.9 Å². The SMILES string of the molecule is CC(=O)C1CCN1Cc1ccccc1. The number of carbonyl (C=O) groups is 1. The van der Waals surface area contributed by atoms with Crippen LogP contribution in [-0.2, 0) is 11.3 Å². The van der Waals surface area contributed by atoms with Crippen molar-refractivity contribution in [3.63, 3.8) is 0 Å². The molecule has 1 aliphatic rings. The molecule has 0 amide bonds. The van der Waals surface area contributed by atoms with Gasteiger partial charge in [-0.3, -0.25) is 9.69 Å². The van der Waals surface area contributed by atoms with E-state index in [1.807, 2.05) is 18.2 Å². The highest BCUT2D eigenvalue weighted by molar-refractivity contribution is 5.82. The summed E-state index contributed by atoms with van der Waals surface area (Å²) in [7, 11) is 0. The van der Waals surface area contributed by atoms with E-state index in [4.69, 9.17) is 0 Å². The maximum atomic E-state index is 11.2. The Balaban J connectivity index is 1.96. The summed E-state index contributed by atoms with van der Waals surface area (Å²) in [5.74, 6) is 0.298. The first kappa shape index (κ1) is 9.41. The Hall–Kier alpha value is -1.15. The Morgan fingerprint density at radius 3 is 2.64 bits per heavy atom. The number of hydrogen-bond acceptors (Lipinski definition) is 2. The van der Waals surface area contributed by atoms with Gasteiger partial charge in [-0.1, -0.05) is 30.3 Å². The average molecular weight is 189 g/mol. The minimum absolute atomic E-state index is 0.176. The van der Waals surface area contributed by atoms with Crippen LogP contribution in [0.3, 0.4) is 0 Å². The van der Waals surface area contributed by atoms with E-state index in [1.165, 1.54) is 5.56 Å². The molecule has 74 valence electrons. The van der Waals surface area contributed by atoms with Crippen molar-refractivity contribution in [2.24, 2.45) is 0 Å². The minimum Gasteiger partial charge on any atom is -0.298 e. The summed E-state index contributed by atoms with van der Waals surface area (Å²) in [6.07, 6.45) is 1.03. The van der Waals surface area contributed by atoms with Gasteiger partial charge >= 0.3 is 0 Å². The monoisotopic (exact) mass is 189 g/mol. The van der Waals surface area contributed by atoms with Gasteiger partial charge in [0.15, 0.2) is 0 Å². The van der Waals surface area contributed by atoms with E-state index in [0.29, 0.717) is 5.78 Å². The van der Waals surface area contributed by atoms with Crippen molar-refractivity contribution in [3.05, 3.63) is 35.9 Å². The lowest BCUT2D eigenvalue weighted by Gasteiger charge is -2.39. The second kappa shape index (κ2) is 3.93. The minimum atomic E-state index is 0.176. The highest BCUT2D eigenvalue weighted by Gasteiger charge is 2.30. The predicted octanol–water partition coefficient (Wildman–Crippen LogP) is 1.85. The van der Waals surface area contributed by atoms with Gasteiger partial charge in [0.05, 0.1) is 6.04 Å². The van der Waals surface area contributed by atoms with Crippen molar-refractivity contribution in [1.29, 1.82) is 0 Å². The van der Waals surface area contributed by atoms with Gasteiger partial charge < -0.3 is 0 Å². The Morgan fingerprint density at radius 1 is 1.43 bits per heavy atom. The Morgan fingerprint density at radius 2 is 2.14 bits per heavy atom. The summed E-state index contributed by atoms with van der Waals surface area (Å²) in [5, 5.41) is 0. The van der Waals surface area contributed by atoms with Crippen LogP contribution < -0.4 is 0 Å². The summed E-state index contributed by atoms with van der Waals surface area (Å²) in [6.45, 7) is 3.64. The molecule has 2 rings (SSSR count). The zero-order chi connectivity index (χ0) is 9.97. The number of carbonyl (C=O) groups excluding carboxylic acids is 1. The highest BCUT2D eigenvalue weighted by Crippen LogP contribution is 2.20. The van der Waals surface area contributed by atoms with Gasteiger partial charge in [0.1, 0.15) is 5.78 Å². The smallest absolute Gasteiger partial charge is 0.146 e. The molecule has 0 aliphatic carbocycles. The molecule has 1 aliphatic heterocycles. The van der Waals surface area contributed by atoms with E-state index in [-0.39, 0.29) is 6.04 Å². The zero-order valence-corrected chi connectivity index (χ0v) is 8.44. The van der Waals surface area contributed by atoms with Gasteiger partial charge in [0.2, 0.25) is 0 Å². The Bertz CT molecular complexity index is 320. The molecule has 1 saturated heterocycles. The van der Waals surface area contributed by atoms with Crippen molar-refractivity contribution in [1.82, 2.24) is 4.90 Å². The van der Waals surface area contributed by atoms with Crippen molar-refractivity contribution in [3.8, 4) is 0 Å². The third kappa shape index (κ3) is 1.85. The number of rotatable bonds is 3. The Labute approximate surface area is 84.5 Å². The van der Waals surface area contributed by atoms with Crippen LogP contribution in [0.15, 0.2) is 30.3 Å². The van der Waals surface area contributed by atoms with Crippen molar-refractivity contribution in [2.45, 2.75) is 25.9 Å². The average Bonchev–Trinajstić information content (AvgIpc) is 2.13. The first-order valence-corrected chi connectivity index (χ1v) is 5.06. The van der Waals surface area contributed by atoms with E-state index in [0.717, 1.165) is 19.5 Å². The number of benzene rings is 1. The maximum Gasteiger partial charge on any atom is 0.146 e. The van der Waals surface area contributed by atoms with E-state index in [1.54, 1.807) is 6.92 Å². The van der Waals surface area contributed by atoms with E-state index < -0.39 is 0 Å². The molecular formula is C12H15NO. The fraction of sp³-hybridized carbons (Fsp3) is 0.417. The van der Waals surface area contributed by atoms with Crippen LogP contribution in [0.2, 0.25) is 0 Å². The lowest BCUT2D eigenvalue weighted by atomic mass is 9.98. The van der Waals surface area contributed by atoms with E-state index in [9.17, 15) is 4.79 Å². The van der Waals surface area contributed by atoms with Gasteiger partial charge in [-0.15, -0.1) is 0 Å². The molecule has 0 saturated carbocycles. The molecule has 2 nitrogen and oxygen atoms in total. The molecule has 1 heterocycles. The van der Waals surface area contributed by atoms with E-state index >= 15 is 0 Å². The number of hydrogen-bond donors (Lipinski definition) is 0. The predicted molar refractivity (Wildman–Crippen MR) is 55.9 cm³/mol. The quantitative estimate of drug-likeness (QED) is 0.723. The van der Waals surface area contributed by atoms with Gasteiger partial charge in [-0.25, -0.2) is 0 Å². The first-order valence-electron chi connectivity index (χ1n) is 5.06. The van der Waals surface area contributed by atoms with Crippen LogP contribution in [-0.4, -0.2) is 23.3 Å². The van der Waals surface area contributed by atoms with Crippen LogP contribution in [0.1, 0.15) is 18.9 Å². The molecule has 0 N–H and O–H groups in total. The molecule has 1 aromatic rings. The summed E-state index contributed by atoms with van der Waals surface area (Å²) in [4.78, 5) is 13.4. The van der Waals surface area contributed by atoms with Gasteiger partial charge in [0, 0.05) is 13.1 Å². The largest absolute Gasteiger partial charge is 0.298 e. The number of ketones is 1. The number of Topliss-reactive ketones (excluding diaryl/α,β-unsaturated/α-hetero) is 1. The van der Waals surface area contributed by atoms with Crippen LogP contribution in [0.4, 0.5) is 0 Å². The standard InChI is InChI=1S/C12H15NO/c1-10(14)12-7-8-13(12)9-11-5-3-2-4-6-11/h2-6,12H,7-9H2,1H3. The topological polar surface area (TPSA) is 20.3 Å². The van der Waals surface area contributed by atoms with Crippen molar-refractivity contribution in [2.75, 3.05) is 6.54 Å². The van der Waals surface area contributed by atoms with Crippen LogP contribution in [0.5, 0.6) is 0 Å². The molecule has 1 atom stereocenters. The Kier molecular flexibility index (Phi) is 2.64. The van der Waals surface area contributed by atoms with E-state index in [2.05, 4.69) is 17.0 Å². The molecule has 0 spiro atoms. The van der Waals surface area contributed by atoms with Gasteiger partial charge in [-0.2, -0.15) is 0 Å². The molecular weight excluding hydrogens is 174 g/mol. The molecule has 2 heteroatoms. The lowest BCUT2D eigenvalue weighted by Crippen LogP contribution is -2.50. The normalized spacial score (nSPS) is 21.6. The zero-order valence-electron chi connectivity index (χ0n) is 8.44. The van der Waals surface area contributed by atoms with Crippen molar-refractivity contribution >= 4 is 5.78 Å². The van der Waals surface area contributed by atoms with Crippen LogP contribution >= 0.6 is 0 Å². The molecule has 1 unspecified atom stereocenters. The molecule has 0 aromatic heterocycles. The summed E-state index contributed by atoms with van der Waals surface area (Å²) >= 11 is 0. The molecule has 1 fully saturated rings. The molecule has 0 radical (unpaired) electrons. The van der Waals surface area contributed by atoms with Crippen LogP contribution in [0.25, 0.3) is 0 Å². The lowest BCUT2D eigenvalue weighted by molar-refractivity contribution is -0.126. The summed E-state index contributed by atoms with van der Waals surface area (Å²) in [6, 6.07) is 10.5. The van der Waals surface area contributed by atoms with Crippen LogP contribution in [0, 0.1) is 0 Å².